The van der Waals surface area contributed by atoms with Crippen molar-refractivity contribution < 1.29 is 0 Å². The normalized spacial score (nSPS) is 32.2. The van der Waals surface area contributed by atoms with Crippen molar-refractivity contribution in [2.75, 3.05) is 13.1 Å². The molecule has 0 unspecified atom stereocenters. The zero-order valence-corrected chi connectivity index (χ0v) is 10.3. The van der Waals surface area contributed by atoms with Gasteiger partial charge >= 0.3 is 0 Å². The predicted octanol–water partition coefficient (Wildman–Crippen LogP) is 2.39. The fraction of sp³-hybridized carbons (Fsp3) is 1.00. The third-order valence-electron chi connectivity index (χ3n) is 4.04. The molecule has 0 spiro atoms. The molecule has 0 aromatic heterocycles. The lowest BCUT2D eigenvalue weighted by Crippen LogP contribution is -2.43. The summed E-state index contributed by atoms with van der Waals surface area (Å²) in [5.41, 5.74) is 0. The van der Waals surface area contributed by atoms with Gasteiger partial charge < -0.3 is 5.32 Å². The first-order valence-electron chi connectivity index (χ1n) is 6.84. The molecule has 2 fully saturated rings. The van der Waals surface area contributed by atoms with E-state index in [4.69, 9.17) is 0 Å². The van der Waals surface area contributed by atoms with Gasteiger partial charge in [0.25, 0.3) is 0 Å². The van der Waals surface area contributed by atoms with Crippen LogP contribution in [0, 0.1) is 0 Å². The summed E-state index contributed by atoms with van der Waals surface area (Å²) in [6.45, 7) is 6.94. The molecule has 1 N–H and O–H groups in total. The third-order valence-corrected chi connectivity index (χ3v) is 4.04. The number of nitrogens with zero attached hydrogens (tertiary/aromatic N) is 1. The van der Waals surface area contributed by atoms with Gasteiger partial charge in [0.1, 0.15) is 0 Å². The van der Waals surface area contributed by atoms with E-state index in [0.717, 1.165) is 24.7 Å². The van der Waals surface area contributed by atoms with Gasteiger partial charge in [-0.1, -0.05) is 13.8 Å². The minimum Gasteiger partial charge on any atom is -0.314 e. The van der Waals surface area contributed by atoms with Crippen LogP contribution < -0.4 is 5.32 Å². The summed E-state index contributed by atoms with van der Waals surface area (Å²) in [5.74, 6) is 0. The van der Waals surface area contributed by atoms with Gasteiger partial charge in [-0.2, -0.15) is 0 Å². The zero-order valence-electron chi connectivity index (χ0n) is 10.3. The molecule has 0 heterocycles. The standard InChI is InChI=1S/C13H26N2/c1-3-14-11-5-7-12(8-6-11)15(4-2)13-9-10-13/h11-14H,3-10H2,1-2H3. The molecule has 88 valence electrons. The van der Waals surface area contributed by atoms with Crippen molar-refractivity contribution in [1.29, 1.82) is 0 Å². The molecule has 15 heavy (non-hydrogen) atoms. The highest BCUT2D eigenvalue weighted by Crippen LogP contribution is 2.33. The summed E-state index contributed by atoms with van der Waals surface area (Å²) in [7, 11) is 0. The molecule has 2 nitrogen and oxygen atoms in total. The SMILES string of the molecule is CCNC1CCC(N(CC)C2CC2)CC1. The molecule has 0 bridgehead atoms. The first-order chi connectivity index (χ1) is 7.35. The van der Waals surface area contributed by atoms with Crippen molar-refractivity contribution in [1.82, 2.24) is 10.2 Å². The van der Waals surface area contributed by atoms with Crippen LogP contribution in [0.15, 0.2) is 0 Å². The van der Waals surface area contributed by atoms with Gasteiger partial charge in [0.05, 0.1) is 0 Å². The summed E-state index contributed by atoms with van der Waals surface area (Å²) >= 11 is 0. The van der Waals surface area contributed by atoms with E-state index in [1.807, 2.05) is 0 Å². The average Bonchev–Trinajstić information content (AvgIpc) is 3.06. The first kappa shape index (κ1) is 11.4. The maximum absolute atomic E-state index is 3.59. The summed E-state index contributed by atoms with van der Waals surface area (Å²) in [4.78, 5) is 2.77. The Hall–Kier alpha value is -0.0800. The fourth-order valence-electron chi connectivity index (χ4n) is 3.12. The second-order valence-electron chi connectivity index (χ2n) is 5.12. The molecule has 2 aliphatic carbocycles. The van der Waals surface area contributed by atoms with E-state index in [1.54, 1.807) is 0 Å². The predicted molar refractivity (Wildman–Crippen MR) is 65.1 cm³/mol. The molecule has 0 aromatic rings. The maximum Gasteiger partial charge on any atom is 0.00992 e. The molecule has 0 amide bonds. The van der Waals surface area contributed by atoms with Crippen molar-refractivity contribution >= 4 is 0 Å². The lowest BCUT2D eigenvalue weighted by molar-refractivity contribution is 0.142. The molecular weight excluding hydrogens is 184 g/mol. The van der Waals surface area contributed by atoms with Crippen molar-refractivity contribution in [2.45, 2.75) is 70.5 Å². The van der Waals surface area contributed by atoms with Crippen LogP contribution in [0.25, 0.3) is 0 Å². The van der Waals surface area contributed by atoms with E-state index < -0.39 is 0 Å². The Labute approximate surface area is 94.4 Å². The highest BCUT2D eigenvalue weighted by molar-refractivity contribution is 4.91. The molecule has 2 aliphatic rings. The largest absolute Gasteiger partial charge is 0.314 e. The van der Waals surface area contributed by atoms with Crippen LogP contribution >= 0.6 is 0 Å². The average molecular weight is 210 g/mol. The van der Waals surface area contributed by atoms with Crippen LogP contribution in [-0.2, 0) is 0 Å². The van der Waals surface area contributed by atoms with Crippen molar-refractivity contribution in [3.8, 4) is 0 Å². The van der Waals surface area contributed by atoms with Crippen molar-refractivity contribution in [2.24, 2.45) is 0 Å². The molecule has 0 aliphatic heterocycles. The Morgan fingerprint density at radius 1 is 0.933 bits per heavy atom. The molecule has 0 atom stereocenters. The lowest BCUT2D eigenvalue weighted by atomic mass is 9.90. The minimum atomic E-state index is 0.809. The van der Waals surface area contributed by atoms with E-state index in [-0.39, 0.29) is 0 Å². The zero-order chi connectivity index (χ0) is 10.7. The highest BCUT2D eigenvalue weighted by Gasteiger charge is 2.34. The summed E-state index contributed by atoms with van der Waals surface area (Å²) < 4.78 is 0. The van der Waals surface area contributed by atoms with Gasteiger partial charge in [-0.15, -0.1) is 0 Å². The van der Waals surface area contributed by atoms with E-state index in [9.17, 15) is 0 Å². The van der Waals surface area contributed by atoms with Gasteiger partial charge in [0.15, 0.2) is 0 Å². The topological polar surface area (TPSA) is 15.3 Å². The Bertz CT molecular complexity index is 181. The van der Waals surface area contributed by atoms with E-state index in [2.05, 4.69) is 24.1 Å². The van der Waals surface area contributed by atoms with Crippen LogP contribution in [0.2, 0.25) is 0 Å². The monoisotopic (exact) mass is 210 g/mol. The summed E-state index contributed by atoms with van der Waals surface area (Å²) in [5, 5.41) is 3.59. The minimum absolute atomic E-state index is 0.809. The first-order valence-corrected chi connectivity index (χ1v) is 6.84. The summed E-state index contributed by atoms with van der Waals surface area (Å²) in [6.07, 6.45) is 8.54. The molecule has 0 radical (unpaired) electrons. The van der Waals surface area contributed by atoms with E-state index in [1.165, 1.54) is 45.1 Å². The Kier molecular flexibility index (Phi) is 4.04. The third kappa shape index (κ3) is 2.94. The lowest BCUT2D eigenvalue weighted by Gasteiger charge is -2.36. The van der Waals surface area contributed by atoms with Gasteiger partial charge in [-0.25, -0.2) is 0 Å². The Balaban J connectivity index is 1.76. The van der Waals surface area contributed by atoms with Crippen LogP contribution in [0.4, 0.5) is 0 Å². The second-order valence-corrected chi connectivity index (χ2v) is 5.12. The number of rotatable bonds is 5. The van der Waals surface area contributed by atoms with Gasteiger partial charge in [0, 0.05) is 18.1 Å². The smallest absolute Gasteiger partial charge is 0.00992 e. The van der Waals surface area contributed by atoms with Gasteiger partial charge in [0.2, 0.25) is 0 Å². The number of nitrogens with one attached hydrogen (secondary N) is 1. The quantitative estimate of drug-likeness (QED) is 0.749. The van der Waals surface area contributed by atoms with Gasteiger partial charge in [-0.05, 0) is 51.6 Å². The van der Waals surface area contributed by atoms with Crippen molar-refractivity contribution in [3.05, 3.63) is 0 Å². The van der Waals surface area contributed by atoms with Crippen LogP contribution in [0.1, 0.15) is 52.4 Å². The van der Waals surface area contributed by atoms with Crippen LogP contribution in [0.3, 0.4) is 0 Å². The molecule has 2 heteroatoms. The number of hydrogen-bond donors (Lipinski definition) is 1. The van der Waals surface area contributed by atoms with Crippen molar-refractivity contribution in [3.63, 3.8) is 0 Å². The highest BCUT2D eigenvalue weighted by atomic mass is 15.2. The molecule has 0 saturated heterocycles. The Morgan fingerprint density at radius 3 is 1.87 bits per heavy atom. The Morgan fingerprint density at radius 2 is 1.47 bits per heavy atom. The molecular formula is C13H26N2. The summed E-state index contributed by atoms with van der Waals surface area (Å²) in [6, 6.07) is 2.66. The molecule has 2 rings (SSSR count). The number of hydrogen-bond acceptors (Lipinski definition) is 2. The van der Waals surface area contributed by atoms with Crippen LogP contribution in [-0.4, -0.2) is 36.1 Å². The maximum atomic E-state index is 3.59. The second kappa shape index (κ2) is 5.31. The van der Waals surface area contributed by atoms with Gasteiger partial charge in [-0.3, -0.25) is 4.90 Å². The fourth-order valence-corrected chi connectivity index (χ4v) is 3.12. The van der Waals surface area contributed by atoms with E-state index >= 15 is 0 Å². The van der Waals surface area contributed by atoms with E-state index in [0.29, 0.717) is 0 Å². The van der Waals surface area contributed by atoms with Crippen LogP contribution in [0.5, 0.6) is 0 Å². The molecule has 0 aromatic carbocycles. The molecule has 2 saturated carbocycles.